The Kier molecular flexibility index (Phi) is 4.48. The van der Waals surface area contributed by atoms with Gasteiger partial charge < -0.3 is 0 Å². The van der Waals surface area contributed by atoms with E-state index in [0.717, 1.165) is 33.2 Å². The second-order valence-electron chi connectivity index (χ2n) is 10.2. The van der Waals surface area contributed by atoms with Gasteiger partial charge in [0.05, 0.1) is 22.2 Å². The van der Waals surface area contributed by atoms with Gasteiger partial charge in [0.1, 0.15) is 0 Å². The summed E-state index contributed by atoms with van der Waals surface area (Å²) in [6.45, 7) is 0. The summed E-state index contributed by atoms with van der Waals surface area (Å²) in [5, 5.41) is 8.72. The molecule has 0 aliphatic heterocycles. The molecule has 0 spiro atoms. The van der Waals surface area contributed by atoms with Gasteiger partial charge in [-0.1, -0.05) is 103 Å². The summed E-state index contributed by atoms with van der Waals surface area (Å²) in [6.07, 6.45) is 0. The number of nitrogens with zero attached hydrogens (tertiary/aromatic N) is 3. The molecule has 0 fully saturated rings. The van der Waals surface area contributed by atoms with Crippen LogP contribution in [0, 0.1) is 0 Å². The summed E-state index contributed by atoms with van der Waals surface area (Å²) in [6, 6.07) is 45.1. The highest BCUT2D eigenvalue weighted by atomic mass is 32.1. The molecule has 0 unspecified atom stereocenters. The standard InChI is InChI=1S/C36H21N3S/c1-2-11-23(12-3-1)34-25-14-6-8-16-28(25)37-36(38-34)39-29-17-9-7-15-26(29)32-30(39)20-21-31-33(32)27-19-18-22-10-4-5-13-24(22)35(27)40-31/h1-21H. The Morgan fingerprint density at radius 3 is 2.15 bits per heavy atom. The summed E-state index contributed by atoms with van der Waals surface area (Å²) in [4.78, 5) is 10.4. The molecule has 9 rings (SSSR count). The van der Waals surface area contributed by atoms with Crippen LogP contribution in [0.1, 0.15) is 0 Å². The minimum absolute atomic E-state index is 0.688. The van der Waals surface area contributed by atoms with Crippen molar-refractivity contribution in [2.45, 2.75) is 0 Å². The third-order valence-corrected chi connectivity index (χ3v) is 9.20. The van der Waals surface area contributed by atoms with E-state index < -0.39 is 0 Å². The van der Waals surface area contributed by atoms with Gasteiger partial charge in [-0.15, -0.1) is 11.3 Å². The van der Waals surface area contributed by atoms with Crippen LogP contribution in [-0.2, 0) is 0 Å². The molecule has 0 radical (unpaired) electrons. The van der Waals surface area contributed by atoms with Crippen LogP contribution < -0.4 is 0 Å². The monoisotopic (exact) mass is 527 g/mol. The molecule has 6 aromatic carbocycles. The summed E-state index contributed by atoms with van der Waals surface area (Å²) in [5.74, 6) is 0.688. The van der Waals surface area contributed by atoms with Crippen molar-refractivity contribution >= 4 is 75.0 Å². The van der Waals surface area contributed by atoms with Crippen LogP contribution in [-0.4, -0.2) is 14.5 Å². The molecular weight excluding hydrogens is 506 g/mol. The van der Waals surface area contributed by atoms with Crippen LogP contribution in [0.5, 0.6) is 0 Å². The minimum atomic E-state index is 0.688. The number of rotatable bonds is 2. The summed E-state index contributed by atoms with van der Waals surface area (Å²) in [7, 11) is 0. The molecule has 0 saturated heterocycles. The van der Waals surface area contributed by atoms with Crippen LogP contribution in [0.25, 0.3) is 80.9 Å². The van der Waals surface area contributed by atoms with Gasteiger partial charge in [-0.2, -0.15) is 0 Å². The van der Waals surface area contributed by atoms with Gasteiger partial charge in [0.15, 0.2) is 0 Å². The Hall–Kier alpha value is -5.06. The lowest BCUT2D eigenvalue weighted by Crippen LogP contribution is -2.03. The highest BCUT2D eigenvalue weighted by molar-refractivity contribution is 7.27. The Balaban J connectivity index is 1.44. The second kappa shape index (κ2) is 8.22. The zero-order valence-corrected chi connectivity index (χ0v) is 22.2. The fraction of sp³-hybridized carbons (Fsp3) is 0. The molecule has 0 bridgehead atoms. The van der Waals surface area contributed by atoms with Gasteiger partial charge in [0.2, 0.25) is 5.95 Å². The Morgan fingerprint density at radius 2 is 1.25 bits per heavy atom. The van der Waals surface area contributed by atoms with E-state index in [9.17, 15) is 0 Å². The molecule has 9 aromatic rings. The van der Waals surface area contributed by atoms with Crippen molar-refractivity contribution < 1.29 is 0 Å². The normalized spacial score (nSPS) is 12.0. The number of benzene rings is 6. The molecule has 0 saturated carbocycles. The van der Waals surface area contributed by atoms with Crippen molar-refractivity contribution in [3.63, 3.8) is 0 Å². The first kappa shape index (κ1) is 21.8. The smallest absolute Gasteiger partial charge is 0.235 e. The van der Waals surface area contributed by atoms with Crippen LogP contribution >= 0.6 is 11.3 Å². The van der Waals surface area contributed by atoms with Gasteiger partial charge in [0, 0.05) is 41.9 Å². The largest absolute Gasteiger partial charge is 0.278 e. The maximum atomic E-state index is 5.24. The highest BCUT2D eigenvalue weighted by Gasteiger charge is 2.20. The van der Waals surface area contributed by atoms with Gasteiger partial charge in [-0.05, 0) is 35.0 Å². The van der Waals surface area contributed by atoms with Crippen molar-refractivity contribution in [2.75, 3.05) is 0 Å². The lowest BCUT2D eigenvalue weighted by Gasteiger charge is -2.11. The minimum Gasteiger partial charge on any atom is -0.278 e. The van der Waals surface area contributed by atoms with E-state index >= 15 is 0 Å². The summed E-state index contributed by atoms with van der Waals surface area (Å²) >= 11 is 1.88. The topological polar surface area (TPSA) is 30.7 Å². The first-order valence-corrected chi connectivity index (χ1v) is 14.3. The van der Waals surface area contributed by atoms with Crippen LogP contribution in [0.3, 0.4) is 0 Å². The van der Waals surface area contributed by atoms with Crippen molar-refractivity contribution in [3.8, 4) is 17.2 Å². The Bertz CT molecular complexity index is 2430. The predicted octanol–water partition coefficient (Wildman–Crippen LogP) is 9.91. The summed E-state index contributed by atoms with van der Waals surface area (Å²) < 4.78 is 4.88. The van der Waals surface area contributed by atoms with E-state index in [0.29, 0.717) is 5.95 Å². The van der Waals surface area contributed by atoms with Gasteiger partial charge in [-0.3, -0.25) is 4.57 Å². The zero-order valence-electron chi connectivity index (χ0n) is 21.4. The molecule has 0 aliphatic carbocycles. The lowest BCUT2D eigenvalue weighted by molar-refractivity contribution is 1.01. The third-order valence-electron chi connectivity index (χ3n) is 8.00. The quantitative estimate of drug-likeness (QED) is 0.224. The first-order chi connectivity index (χ1) is 19.8. The molecule has 40 heavy (non-hydrogen) atoms. The number of hydrogen-bond donors (Lipinski definition) is 0. The third kappa shape index (κ3) is 2.99. The maximum Gasteiger partial charge on any atom is 0.235 e. The van der Waals surface area contributed by atoms with E-state index in [1.807, 2.05) is 23.5 Å². The fourth-order valence-corrected chi connectivity index (χ4v) is 7.50. The molecule has 0 amide bonds. The van der Waals surface area contributed by atoms with E-state index in [1.54, 1.807) is 0 Å². The number of para-hydroxylation sites is 2. The van der Waals surface area contributed by atoms with E-state index in [1.165, 1.54) is 41.7 Å². The van der Waals surface area contributed by atoms with Crippen molar-refractivity contribution in [2.24, 2.45) is 0 Å². The van der Waals surface area contributed by atoms with Gasteiger partial charge in [0.25, 0.3) is 0 Å². The molecule has 0 N–H and O–H groups in total. The Morgan fingerprint density at radius 1 is 0.500 bits per heavy atom. The van der Waals surface area contributed by atoms with E-state index in [4.69, 9.17) is 9.97 Å². The molecule has 0 aliphatic rings. The zero-order chi connectivity index (χ0) is 26.2. The molecular formula is C36H21N3S. The molecule has 4 heteroatoms. The average molecular weight is 528 g/mol. The molecule has 0 atom stereocenters. The fourth-order valence-electron chi connectivity index (χ4n) is 6.25. The predicted molar refractivity (Wildman–Crippen MR) is 170 cm³/mol. The number of fused-ring (bicyclic) bond motifs is 10. The van der Waals surface area contributed by atoms with Crippen LogP contribution in [0.4, 0.5) is 0 Å². The van der Waals surface area contributed by atoms with Gasteiger partial charge in [-0.25, -0.2) is 9.97 Å². The van der Waals surface area contributed by atoms with E-state index in [2.05, 4.69) is 120 Å². The maximum absolute atomic E-state index is 5.24. The van der Waals surface area contributed by atoms with Crippen LogP contribution in [0.15, 0.2) is 127 Å². The summed E-state index contributed by atoms with van der Waals surface area (Å²) in [5.41, 5.74) is 5.20. The first-order valence-electron chi connectivity index (χ1n) is 13.4. The average Bonchev–Trinajstić information content (AvgIpc) is 3.57. The van der Waals surface area contributed by atoms with Gasteiger partial charge >= 0.3 is 0 Å². The number of hydrogen-bond acceptors (Lipinski definition) is 3. The SMILES string of the molecule is c1ccc(-c2nc(-n3c4ccccc4c4c5c(ccc43)sc3c4ccccc4ccc35)nc3ccccc23)cc1. The van der Waals surface area contributed by atoms with Crippen molar-refractivity contribution in [1.82, 2.24) is 14.5 Å². The van der Waals surface area contributed by atoms with E-state index in [-0.39, 0.29) is 0 Å². The molecule has 3 nitrogen and oxygen atoms in total. The van der Waals surface area contributed by atoms with Crippen molar-refractivity contribution in [1.29, 1.82) is 0 Å². The second-order valence-corrected chi connectivity index (χ2v) is 11.3. The van der Waals surface area contributed by atoms with Crippen LogP contribution in [0.2, 0.25) is 0 Å². The molecule has 186 valence electrons. The number of aromatic nitrogens is 3. The molecule has 3 heterocycles. The Labute approximate surface area is 233 Å². The lowest BCUT2D eigenvalue weighted by atomic mass is 10.0. The number of thiophene rings is 1. The highest BCUT2D eigenvalue weighted by Crippen LogP contribution is 2.45. The van der Waals surface area contributed by atoms with Crippen molar-refractivity contribution in [3.05, 3.63) is 127 Å². The molecule has 3 aromatic heterocycles.